The number of benzene rings is 1. The summed E-state index contributed by atoms with van der Waals surface area (Å²) < 4.78 is 0. The van der Waals surface area contributed by atoms with Crippen LogP contribution in [0.5, 0.6) is 0 Å². The number of rotatable bonds is 5. The summed E-state index contributed by atoms with van der Waals surface area (Å²) in [6.07, 6.45) is 4.06. The van der Waals surface area contributed by atoms with Crippen molar-refractivity contribution in [2.45, 2.75) is 25.7 Å². The zero-order valence-electron chi connectivity index (χ0n) is 13.4. The maximum Gasteiger partial charge on any atom is 0.256 e. The molecule has 24 heavy (non-hydrogen) atoms. The first kappa shape index (κ1) is 16.7. The van der Waals surface area contributed by atoms with Crippen LogP contribution in [0.25, 0.3) is 0 Å². The van der Waals surface area contributed by atoms with Gasteiger partial charge in [0.2, 0.25) is 0 Å². The first-order valence-corrected chi connectivity index (χ1v) is 9.01. The first-order chi connectivity index (χ1) is 11.7. The molecule has 0 radical (unpaired) electrons. The van der Waals surface area contributed by atoms with Crippen molar-refractivity contribution in [1.29, 1.82) is 0 Å². The third kappa shape index (κ3) is 3.49. The van der Waals surface area contributed by atoms with Gasteiger partial charge in [-0.2, -0.15) is 0 Å². The van der Waals surface area contributed by atoms with Crippen LogP contribution >= 0.6 is 11.3 Å². The van der Waals surface area contributed by atoms with Crippen molar-refractivity contribution in [3.05, 3.63) is 51.9 Å². The van der Waals surface area contributed by atoms with Gasteiger partial charge in [-0.15, -0.1) is 11.3 Å². The molecule has 6 heteroatoms. The van der Waals surface area contributed by atoms with Crippen LogP contribution in [0.4, 0.5) is 5.00 Å². The predicted molar refractivity (Wildman–Crippen MR) is 96.7 cm³/mol. The molecule has 1 aliphatic rings. The number of carbonyl (C=O) groups is 2. The number of aryl methyl sites for hydroxylation is 1. The fourth-order valence-corrected chi connectivity index (χ4v) is 4.21. The highest BCUT2D eigenvalue weighted by Gasteiger charge is 2.26. The Labute approximate surface area is 145 Å². The van der Waals surface area contributed by atoms with Gasteiger partial charge in [0, 0.05) is 23.5 Å². The van der Waals surface area contributed by atoms with E-state index in [-0.39, 0.29) is 11.8 Å². The highest BCUT2D eigenvalue weighted by molar-refractivity contribution is 7.17. The number of amides is 2. The van der Waals surface area contributed by atoms with Crippen LogP contribution < -0.4 is 16.4 Å². The standard InChI is InChI=1S/C18H21N3O2S/c19-10-11-20-17(23)15-13-8-4-5-9-14(13)24-18(15)21-16(22)12-6-2-1-3-7-12/h1-3,6-7H,4-5,8-11,19H2,(H,20,23)(H,21,22). The Hall–Kier alpha value is -2.18. The lowest BCUT2D eigenvalue weighted by molar-refractivity contribution is 0.0955. The van der Waals surface area contributed by atoms with Crippen molar-refractivity contribution >= 4 is 28.2 Å². The summed E-state index contributed by atoms with van der Waals surface area (Å²) in [7, 11) is 0. The van der Waals surface area contributed by atoms with Crippen molar-refractivity contribution in [2.24, 2.45) is 5.73 Å². The lowest BCUT2D eigenvalue weighted by atomic mass is 9.95. The maximum absolute atomic E-state index is 12.6. The number of thiophene rings is 1. The van der Waals surface area contributed by atoms with Crippen molar-refractivity contribution < 1.29 is 9.59 Å². The minimum absolute atomic E-state index is 0.150. The molecule has 126 valence electrons. The molecular weight excluding hydrogens is 322 g/mol. The molecule has 2 amide bonds. The molecule has 1 aliphatic carbocycles. The molecule has 0 bridgehead atoms. The third-order valence-electron chi connectivity index (χ3n) is 4.09. The quantitative estimate of drug-likeness (QED) is 0.780. The minimum atomic E-state index is -0.193. The van der Waals surface area contributed by atoms with Gasteiger partial charge in [-0.1, -0.05) is 18.2 Å². The Balaban J connectivity index is 1.90. The van der Waals surface area contributed by atoms with Crippen LogP contribution in [0.3, 0.4) is 0 Å². The van der Waals surface area contributed by atoms with Crippen LogP contribution in [-0.2, 0) is 12.8 Å². The number of carbonyl (C=O) groups excluding carboxylic acids is 2. The Morgan fingerprint density at radius 2 is 1.83 bits per heavy atom. The molecule has 1 aromatic heterocycles. The van der Waals surface area contributed by atoms with E-state index >= 15 is 0 Å². The van der Waals surface area contributed by atoms with Gasteiger partial charge in [-0.25, -0.2) is 0 Å². The van der Waals surface area contributed by atoms with Crippen LogP contribution in [-0.4, -0.2) is 24.9 Å². The molecule has 4 N–H and O–H groups in total. The Kier molecular flexibility index (Phi) is 5.27. The van der Waals surface area contributed by atoms with Gasteiger partial charge in [0.25, 0.3) is 11.8 Å². The molecule has 2 aromatic rings. The lowest BCUT2D eigenvalue weighted by Crippen LogP contribution is -2.30. The van der Waals surface area contributed by atoms with E-state index in [1.807, 2.05) is 18.2 Å². The highest BCUT2D eigenvalue weighted by Crippen LogP contribution is 2.38. The van der Waals surface area contributed by atoms with E-state index in [0.29, 0.717) is 29.2 Å². The average Bonchev–Trinajstić information content (AvgIpc) is 2.98. The number of hydrogen-bond donors (Lipinski definition) is 3. The molecule has 0 fully saturated rings. The SMILES string of the molecule is NCCNC(=O)c1c(NC(=O)c2ccccc2)sc2c1CCCC2. The normalized spacial score (nSPS) is 13.2. The van der Waals surface area contributed by atoms with Crippen molar-refractivity contribution in [1.82, 2.24) is 5.32 Å². The Bertz CT molecular complexity index is 740. The van der Waals surface area contributed by atoms with E-state index in [0.717, 1.165) is 31.2 Å². The zero-order chi connectivity index (χ0) is 16.9. The first-order valence-electron chi connectivity index (χ1n) is 8.20. The number of nitrogens with one attached hydrogen (secondary N) is 2. The summed E-state index contributed by atoms with van der Waals surface area (Å²) in [5.74, 6) is -0.342. The topological polar surface area (TPSA) is 84.2 Å². The zero-order valence-corrected chi connectivity index (χ0v) is 14.2. The molecule has 5 nitrogen and oxygen atoms in total. The van der Waals surface area contributed by atoms with Gasteiger partial charge < -0.3 is 16.4 Å². The number of fused-ring (bicyclic) bond motifs is 1. The van der Waals surface area contributed by atoms with E-state index in [1.165, 1.54) is 16.2 Å². The Morgan fingerprint density at radius 3 is 2.58 bits per heavy atom. The van der Waals surface area contributed by atoms with Gasteiger partial charge in [0.05, 0.1) is 5.56 Å². The predicted octanol–water partition coefficient (Wildman–Crippen LogP) is 2.57. The molecule has 1 aromatic carbocycles. The second-order valence-corrected chi connectivity index (χ2v) is 6.88. The second-order valence-electron chi connectivity index (χ2n) is 5.78. The molecule has 0 saturated heterocycles. The van der Waals surface area contributed by atoms with Crippen molar-refractivity contribution in [3.8, 4) is 0 Å². The van der Waals surface area contributed by atoms with E-state index in [1.54, 1.807) is 12.1 Å². The summed E-state index contributed by atoms with van der Waals surface area (Å²) >= 11 is 1.52. The number of nitrogens with two attached hydrogens (primary N) is 1. The van der Waals surface area contributed by atoms with Crippen molar-refractivity contribution in [2.75, 3.05) is 18.4 Å². The molecule has 0 unspecified atom stereocenters. The molecular formula is C18H21N3O2S. The summed E-state index contributed by atoms with van der Waals surface area (Å²) in [6, 6.07) is 9.03. The summed E-state index contributed by atoms with van der Waals surface area (Å²) in [5, 5.41) is 6.40. The Morgan fingerprint density at radius 1 is 1.08 bits per heavy atom. The summed E-state index contributed by atoms with van der Waals surface area (Å²) in [4.78, 5) is 26.2. The van der Waals surface area contributed by atoms with E-state index < -0.39 is 0 Å². The van der Waals surface area contributed by atoms with Gasteiger partial charge >= 0.3 is 0 Å². The van der Waals surface area contributed by atoms with Gasteiger partial charge in [-0.3, -0.25) is 9.59 Å². The van der Waals surface area contributed by atoms with Gasteiger partial charge in [0.15, 0.2) is 0 Å². The lowest BCUT2D eigenvalue weighted by Gasteiger charge is -2.13. The molecule has 0 aliphatic heterocycles. The smallest absolute Gasteiger partial charge is 0.256 e. The molecule has 0 spiro atoms. The minimum Gasteiger partial charge on any atom is -0.351 e. The average molecular weight is 343 g/mol. The van der Waals surface area contributed by atoms with E-state index in [2.05, 4.69) is 10.6 Å². The third-order valence-corrected chi connectivity index (χ3v) is 5.30. The van der Waals surface area contributed by atoms with Crippen LogP contribution in [0.1, 0.15) is 44.0 Å². The largest absolute Gasteiger partial charge is 0.351 e. The molecule has 0 atom stereocenters. The summed E-state index contributed by atoms with van der Waals surface area (Å²) in [5.41, 5.74) is 7.77. The van der Waals surface area contributed by atoms with E-state index in [9.17, 15) is 9.59 Å². The molecule has 0 saturated carbocycles. The highest BCUT2D eigenvalue weighted by atomic mass is 32.1. The molecule has 3 rings (SSSR count). The van der Waals surface area contributed by atoms with Gasteiger partial charge in [0.1, 0.15) is 5.00 Å². The molecule has 1 heterocycles. The van der Waals surface area contributed by atoms with Crippen LogP contribution in [0.15, 0.2) is 30.3 Å². The summed E-state index contributed by atoms with van der Waals surface area (Å²) in [6.45, 7) is 0.819. The monoisotopic (exact) mass is 343 g/mol. The van der Waals surface area contributed by atoms with Crippen molar-refractivity contribution in [3.63, 3.8) is 0 Å². The van der Waals surface area contributed by atoms with Gasteiger partial charge in [-0.05, 0) is 43.4 Å². The van der Waals surface area contributed by atoms with Crippen LogP contribution in [0, 0.1) is 0 Å². The van der Waals surface area contributed by atoms with Crippen LogP contribution in [0.2, 0.25) is 0 Å². The fraction of sp³-hybridized carbons (Fsp3) is 0.333. The number of anilines is 1. The van der Waals surface area contributed by atoms with E-state index in [4.69, 9.17) is 5.73 Å². The maximum atomic E-state index is 12.6. The fourth-order valence-electron chi connectivity index (χ4n) is 2.93. The number of hydrogen-bond acceptors (Lipinski definition) is 4. The second kappa shape index (κ2) is 7.59.